The molecule has 0 fully saturated rings. The number of fused-ring (bicyclic) bond motifs is 2. The van der Waals surface area contributed by atoms with Crippen LogP contribution in [0.2, 0.25) is 0 Å². The highest BCUT2D eigenvalue weighted by molar-refractivity contribution is 5.92. The molecule has 0 aliphatic heterocycles. The molecule has 0 aliphatic carbocycles. The summed E-state index contributed by atoms with van der Waals surface area (Å²) in [4.78, 5) is 0. The van der Waals surface area contributed by atoms with E-state index in [9.17, 15) is 0 Å². The highest BCUT2D eigenvalue weighted by Crippen LogP contribution is 2.38. The smallest absolute Gasteiger partial charge is 0.126 e. The second-order valence-electron chi connectivity index (χ2n) is 9.86. The van der Waals surface area contributed by atoms with Crippen molar-refractivity contribution in [3.05, 3.63) is 145 Å². The zero-order valence-corrected chi connectivity index (χ0v) is 22.7. The van der Waals surface area contributed by atoms with E-state index < -0.39 is 0 Å². The van der Waals surface area contributed by atoms with Gasteiger partial charge in [-0.3, -0.25) is 0 Å². The van der Waals surface area contributed by atoms with E-state index >= 15 is 0 Å². The van der Waals surface area contributed by atoms with E-state index in [0.717, 1.165) is 44.4 Å². The standard InChI is InChI=1S/C36H32N2O2/c1-39-33-17-9-15-25-19-21-29(23-31(25)33)37-35(27-11-5-3-6-12-27)36(28-13-7-4-8-14-28)38-30-22-20-26-16-10-18-34(40-2)32(26)24-30/h3-24,35-38H,1-2H3/t35-,36-/m1/s1. The average molecular weight is 525 g/mol. The second-order valence-corrected chi connectivity index (χ2v) is 9.86. The van der Waals surface area contributed by atoms with Crippen LogP contribution in [0.4, 0.5) is 11.4 Å². The first kappa shape index (κ1) is 25.3. The summed E-state index contributed by atoms with van der Waals surface area (Å²) in [6.07, 6.45) is 0. The molecule has 0 saturated carbocycles. The van der Waals surface area contributed by atoms with Crippen LogP contribution in [-0.4, -0.2) is 14.2 Å². The monoisotopic (exact) mass is 524 g/mol. The van der Waals surface area contributed by atoms with Gasteiger partial charge in [-0.15, -0.1) is 0 Å². The van der Waals surface area contributed by atoms with Gasteiger partial charge in [-0.1, -0.05) is 97.1 Å². The van der Waals surface area contributed by atoms with Gasteiger partial charge in [0.25, 0.3) is 0 Å². The van der Waals surface area contributed by atoms with E-state index in [1.165, 1.54) is 11.1 Å². The third-order valence-electron chi connectivity index (χ3n) is 7.42. The lowest BCUT2D eigenvalue weighted by molar-refractivity contribution is 0.419. The number of hydrogen-bond acceptors (Lipinski definition) is 4. The first-order valence-corrected chi connectivity index (χ1v) is 13.5. The zero-order valence-electron chi connectivity index (χ0n) is 22.7. The number of nitrogens with one attached hydrogen (secondary N) is 2. The third-order valence-corrected chi connectivity index (χ3v) is 7.42. The summed E-state index contributed by atoms with van der Waals surface area (Å²) >= 11 is 0. The highest BCUT2D eigenvalue weighted by Gasteiger charge is 2.25. The molecule has 0 heterocycles. The number of anilines is 2. The first-order chi connectivity index (χ1) is 19.7. The predicted octanol–water partition coefficient (Wildman–Crippen LogP) is 9.02. The molecule has 0 aromatic heterocycles. The van der Waals surface area contributed by atoms with Crippen LogP contribution in [0.3, 0.4) is 0 Å². The van der Waals surface area contributed by atoms with Gasteiger partial charge in [0.1, 0.15) is 11.5 Å². The van der Waals surface area contributed by atoms with Crippen LogP contribution >= 0.6 is 0 Å². The second kappa shape index (κ2) is 11.4. The van der Waals surface area contributed by atoms with Gasteiger partial charge in [0, 0.05) is 22.1 Å². The minimum absolute atomic E-state index is 0.0795. The van der Waals surface area contributed by atoms with Gasteiger partial charge in [0.15, 0.2) is 0 Å². The summed E-state index contributed by atoms with van der Waals surface area (Å²) in [7, 11) is 3.44. The fourth-order valence-corrected chi connectivity index (χ4v) is 5.42. The Labute approximate surface area is 235 Å². The van der Waals surface area contributed by atoms with Crippen LogP contribution in [0.1, 0.15) is 23.2 Å². The largest absolute Gasteiger partial charge is 0.496 e. The fraction of sp³-hybridized carbons (Fsp3) is 0.111. The molecule has 4 heteroatoms. The molecule has 6 aromatic carbocycles. The Balaban J connectivity index is 1.45. The zero-order chi connectivity index (χ0) is 27.3. The lowest BCUT2D eigenvalue weighted by Crippen LogP contribution is -2.25. The Hall–Kier alpha value is -4.96. The molecule has 2 N–H and O–H groups in total. The van der Waals surface area contributed by atoms with Crippen molar-refractivity contribution in [3.8, 4) is 11.5 Å². The topological polar surface area (TPSA) is 42.5 Å². The third kappa shape index (κ3) is 5.16. The maximum atomic E-state index is 5.67. The predicted molar refractivity (Wildman–Crippen MR) is 167 cm³/mol. The number of ether oxygens (including phenoxy) is 2. The summed E-state index contributed by atoms with van der Waals surface area (Å²) in [6, 6.07) is 46.2. The van der Waals surface area contributed by atoms with Crippen molar-refractivity contribution in [3.63, 3.8) is 0 Å². The highest BCUT2D eigenvalue weighted by atomic mass is 16.5. The number of hydrogen-bond donors (Lipinski definition) is 2. The van der Waals surface area contributed by atoms with Crippen molar-refractivity contribution in [1.29, 1.82) is 0 Å². The molecule has 6 aromatic rings. The van der Waals surface area contributed by atoms with E-state index in [1.807, 2.05) is 24.3 Å². The summed E-state index contributed by atoms with van der Waals surface area (Å²) in [5, 5.41) is 12.2. The lowest BCUT2D eigenvalue weighted by Gasteiger charge is -2.32. The molecule has 2 atom stereocenters. The van der Waals surface area contributed by atoms with Crippen LogP contribution in [0.25, 0.3) is 21.5 Å². The van der Waals surface area contributed by atoms with Crippen LogP contribution in [0, 0.1) is 0 Å². The van der Waals surface area contributed by atoms with Crippen molar-refractivity contribution >= 4 is 32.9 Å². The van der Waals surface area contributed by atoms with Crippen molar-refractivity contribution in [2.75, 3.05) is 24.9 Å². The molecule has 0 spiro atoms. The van der Waals surface area contributed by atoms with Crippen LogP contribution in [0.5, 0.6) is 11.5 Å². The summed E-state index contributed by atoms with van der Waals surface area (Å²) in [5.74, 6) is 1.72. The van der Waals surface area contributed by atoms with Gasteiger partial charge in [-0.2, -0.15) is 0 Å². The van der Waals surface area contributed by atoms with Crippen molar-refractivity contribution in [2.45, 2.75) is 12.1 Å². The first-order valence-electron chi connectivity index (χ1n) is 13.5. The molecule has 40 heavy (non-hydrogen) atoms. The van der Waals surface area contributed by atoms with Gasteiger partial charge in [-0.25, -0.2) is 0 Å². The maximum Gasteiger partial charge on any atom is 0.126 e. The molecular weight excluding hydrogens is 492 g/mol. The van der Waals surface area contributed by atoms with Gasteiger partial charge < -0.3 is 20.1 Å². The quantitative estimate of drug-likeness (QED) is 0.198. The van der Waals surface area contributed by atoms with Crippen LogP contribution < -0.4 is 20.1 Å². The van der Waals surface area contributed by atoms with Crippen LogP contribution in [-0.2, 0) is 0 Å². The molecule has 198 valence electrons. The molecule has 0 unspecified atom stereocenters. The SMILES string of the molecule is COc1cccc2ccc(N[C@H](c3ccccc3)[C@H](Nc3ccc4cccc(OC)c4c3)c3ccccc3)cc12. The summed E-state index contributed by atoms with van der Waals surface area (Å²) in [6.45, 7) is 0. The van der Waals surface area contributed by atoms with E-state index in [0.29, 0.717) is 0 Å². The maximum absolute atomic E-state index is 5.67. The number of methoxy groups -OCH3 is 2. The molecular formula is C36H32N2O2. The van der Waals surface area contributed by atoms with Gasteiger partial charge in [0.05, 0.1) is 26.3 Å². The molecule has 4 nitrogen and oxygen atoms in total. The Morgan fingerprint density at radius 3 is 1.27 bits per heavy atom. The summed E-state index contributed by atoms with van der Waals surface area (Å²) < 4.78 is 11.3. The van der Waals surface area contributed by atoms with E-state index in [2.05, 4.69) is 120 Å². The van der Waals surface area contributed by atoms with Crippen molar-refractivity contribution in [1.82, 2.24) is 0 Å². The Morgan fingerprint density at radius 2 is 0.875 bits per heavy atom. The fourth-order valence-electron chi connectivity index (χ4n) is 5.42. The summed E-state index contributed by atoms with van der Waals surface area (Å²) in [5.41, 5.74) is 4.41. The average Bonchev–Trinajstić information content (AvgIpc) is 3.02. The van der Waals surface area contributed by atoms with Crippen molar-refractivity contribution < 1.29 is 9.47 Å². The van der Waals surface area contributed by atoms with Crippen LogP contribution in [0.15, 0.2) is 133 Å². The Bertz CT molecular complexity index is 1600. The molecule has 6 rings (SSSR count). The van der Waals surface area contributed by atoms with Gasteiger partial charge in [0.2, 0.25) is 0 Å². The van der Waals surface area contributed by atoms with E-state index in [-0.39, 0.29) is 12.1 Å². The molecule has 0 amide bonds. The minimum Gasteiger partial charge on any atom is -0.496 e. The van der Waals surface area contributed by atoms with Gasteiger partial charge in [-0.05, 0) is 58.3 Å². The van der Waals surface area contributed by atoms with E-state index in [1.54, 1.807) is 14.2 Å². The van der Waals surface area contributed by atoms with E-state index in [4.69, 9.17) is 9.47 Å². The van der Waals surface area contributed by atoms with Gasteiger partial charge >= 0.3 is 0 Å². The normalized spacial score (nSPS) is 12.6. The molecule has 0 aliphatic rings. The Kier molecular flexibility index (Phi) is 7.23. The number of benzene rings is 6. The molecule has 0 saturated heterocycles. The minimum atomic E-state index is -0.0795. The lowest BCUT2D eigenvalue weighted by atomic mass is 9.92. The molecule has 0 bridgehead atoms. The van der Waals surface area contributed by atoms with Crippen molar-refractivity contribution in [2.24, 2.45) is 0 Å². The Morgan fingerprint density at radius 1 is 0.450 bits per heavy atom. The molecule has 0 radical (unpaired) electrons. The number of rotatable bonds is 9.